The predicted octanol–water partition coefficient (Wildman–Crippen LogP) is 3.98. The molecule has 0 radical (unpaired) electrons. The molecule has 6 nitrogen and oxygen atoms in total. The predicted molar refractivity (Wildman–Crippen MR) is 119 cm³/mol. The van der Waals surface area contributed by atoms with E-state index in [-0.39, 0.29) is 11.2 Å². The van der Waals surface area contributed by atoms with E-state index in [1.165, 1.54) is 18.4 Å². The molecule has 1 aliphatic heterocycles. The number of fused-ring (bicyclic) bond motifs is 1. The van der Waals surface area contributed by atoms with E-state index in [0.29, 0.717) is 17.5 Å². The number of amides is 1. The molecule has 0 bridgehead atoms. The van der Waals surface area contributed by atoms with Gasteiger partial charge in [-0.2, -0.15) is 0 Å². The summed E-state index contributed by atoms with van der Waals surface area (Å²) in [6, 6.07) is 5.85. The van der Waals surface area contributed by atoms with Crippen LogP contribution in [-0.2, 0) is 21.9 Å². The quantitative estimate of drug-likeness (QED) is 0.781. The number of aromatic nitrogens is 1. The number of anilines is 1. The van der Waals surface area contributed by atoms with Crippen LogP contribution >= 0.6 is 0 Å². The third kappa shape index (κ3) is 3.72. The van der Waals surface area contributed by atoms with Gasteiger partial charge >= 0.3 is 0 Å². The molecule has 3 fully saturated rings. The second kappa shape index (κ2) is 7.59. The Hall–Kier alpha value is -2.02. The minimum Gasteiger partial charge on any atom is -0.350 e. The first-order valence-corrected chi connectivity index (χ1v) is 12.9. The maximum absolute atomic E-state index is 12.8. The first-order chi connectivity index (χ1) is 14.4. The van der Waals surface area contributed by atoms with Gasteiger partial charge in [0.25, 0.3) is 0 Å². The van der Waals surface area contributed by atoms with Gasteiger partial charge in [-0.25, -0.2) is 8.42 Å². The van der Waals surface area contributed by atoms with E-state index in [1.54, 1.807) is 0 Å². The van der Waals surface area contributed by atoms with Gasteiger partial charge in [0.05, 0.1) is 5.25 Å². The fraction of sp³-hybridized carbons (Fsp3) is 0.609. The summed E-state index contributed by atoms with van der Waals surface area (Å²) in [4.78, 5) is 14.8. The van der Waals surface area contributed by atoms with Crippen molar-refractivity contribution in [2.45, 2.75) is 62.5 Å². The molecule has 162 valence electrons. The number of piperidine rings is 1. The van der Waals surface area contributed by atoms with Gasteiger partial charge in [-0.1, -0.05) is 12.8 Å². The monoisotopic (exact) mass is 429 g/mol. The second-order valence-corrected chi connectivity index (χ2v) is 11.3. The molecule has 1 N–H and O–H groups in total. The van der Waals surface area contributed by atoms with Crippen molar-refractivity contribution >= 4 is 32.5 Å². The maximum atomic E-state index is 12.8. The number of carbonyl (C=O) groups is 1. The first-order valence-electron chi connectivity index (χ1n) is 11.3. The minimum absolute atomic E-state index is 0.231. The average Bonchev–Trinajstić information content (AvgIpc) is 3.38. The number of benzene rings is 1. The SMILES string of the molecule is Cn1cc(C2CCN(C(=O)C3CCCC3)CC2)c2cc(NS(=O)(=O)C3CC3)ccc21. The number of hydrogen-bond acceptors (Lipinski definition) is 3. The Morgan fingerprint density at radius 1 is 1.03 bits per heavy atom. The van der Waals surface area contributed by atoms with Gasteiger partial charge in [0.15, 0.2) is 0 Å². The molecule has 2 aromatic rings. The highest BCUT2D eigenvalue weighted by molar-refractivity contribution is 7.93. The van der Waals surface area contributed by atoms with E-state index in [4.69, 9.17) is 0 Å². The van der Waals surface area contributed by atoms with E-state index < -0.39 is 10.0 Å². The van der Waals surface area contributed by atoms with Crippen LogP contribution in [0.1, 0.15) is 62.8 Å². The standard InChI is InChI=1S/C23H31N3O3S/c1-25-15-21(16-10-12-26(13-11-16)23(27)17-4-2-3-5-17)20-14-18(6-9-22(20)25)24-30(28,29)19-7-8-19/h6,9,14-17,19,24H,2-5,7-8,10-13H2,1H3. The van der Waals surface area contributed by atoms with Crippen molar-refractivity contribution in [3.05, 3.63) is 30.0 Å². The highest BCUT2D eigenvalue weighted by Crippen LogP contribution is 2.37. The molecule has 2 saturated carbocycles. The number of rotatable bonds is 5. The maximum Gasteiger partial charge on any atom is 0.235 e. The Morgan fingerprint density at radius 3 is 2.40 bits per heavy atom. The van der Waals surface area contributed by atoms with Gasteiger partial charge in [-0.15, -0.1) is 0 Å². The first kappa shape index (κ1) is 19.9. The summed E-state index contributed by atoms with van der Waals surface area (Å²) < 4.78 is 29.6. The molecule has 0 atom stereocenters. The van der Waals surface area contributed by atoms with Crippen molar-refractivity contribution in [1.82, 2.24) is 9.47 Å². The Balaban J connectivity index is 1.34. The largest absolute Gasteiger partial charge is 0.350 e. The molecule has 0 unspecified atom stereocenters. The summed E-state index contributed by atoms with van der Waals surface area (Å²) in [5.74, 6) is 1.01. The molecule has 3 aliphatic rings. The third-order valence-corrected chi connectivity index (χ3v) is 9.06. The van der Waals surface area contributed by atoms with Crippen molar-refractivity contribution in [3.8, 4) is 0 Å². The molecule has 7 heteroatoms. The normalized spacial score (nSPS) is 21.4. The van der Waals surface area contributed by atoms with Gasteiger partial charge in [-0.3, -0.25) is 9.52 Å². The van der Waals surface area contributed by atoms with Crippen LogP contribution in [0.25, 0.3) is 10.9 Å². The molecule has 2 heterocycles. The van der Waals surface area contributed by atoms with E-state index in [0.717, 1.165) is 62.5 Å². The van der Waals surface area contributed by atoms with Crippen LogP contribution in [0.5, 0.6) is 0 Å². The molecular weight excluding hydrogens is 398 g/mol. The molecule has 0 spiro atoms. The number of nitrogens with zero attached hydrogens (tertiary/aromatic N) is 2. The van der Waals surface area contributed by atoms with E-state index >= 15 is 0 Å². The van der Waals surface area contributed by atoms with Crippen molar-refractivity contribution in [3.63, 3.8) is 0 Å². The summed E-state index contributed by atoms with van der Waals surface area (Å²) in [7, 11) is -1.23. The highest BCUT2D eigenvalue weighted by atomic mass is 32.2. The Kier molecular flexibility index (Phi) is 5.04. The lowest BCUT2D eigenvalue weighted by Crippen LogP contribution is -2.40. The number of sulfonamides is 1. The topological polar surface area (TPSA) is 71.4 Å². The zero-order chi connectivity index (χ0) is 20.9. The van der Waals surface area contributed by atoms with Crippen LogP contribution in [0.15, 0.2) is 24.4 Å². The number of hydrogen-bond donors (Lipinski definition) is 1. The van der Waals surface area contributed by atoms with Gasteiger partial charge < -0.3 is 9.47 Å². The van der Waals surface area contributed by atoms with Crippen LogP contribution < -0.4 is 4.72 Å². The molecule has 2 aliphatic carbocycles. The number of likely N-dealkylation sites (tertiary alicyclic amines) is 1. The molecule has 1 amide bonds. The molecule has 1 aromatic carbocycles. The number of carbonyl (C=O) groups excluding carboxylic acids is 1. The fourth-order valence-electron chi connectivity index (χ4n) is 5.28. The van der Waals surface area contributed by atoms with E-state index in [2.05, 4.69) is 20.4 Å². The van der Waals surface area contributed by atoms with Gasteiger partial charge in [-0.05, 0) is 68.2 Å². The zero-order valence-electron chi connectivity index (χ0n) is 17.6. The van der Waals surface area contributed by atoms with E-state index in [1.807, 2.05) is 25.2 Å². The summed E-state index contributed by atoms with van der Waals surface area (Å²) in [6.07, 6.45) is 10.1. The summed E-state index contributed by atoms with van der Waals surface area (Å²) in [6.45, 7) is 1.65. The van der Waals surface area contributed by atoms with Crippen LogP contribution in [-0.4, -0.2) is 42.1 Å². The number of aryl methyl sites for hydroxylation is 1. The summed E-state index contributed by atoms with van der Waals surface area (Å²) in [5.41, 5.74) is 3.03. The lowest BCUT2D eigenvalue weighted by molar-refractivity contribution is -0.136. The lowest BCUT2D eigenvalue weighted by Gasteiger charge is -2.33. The van der Waals surface area contributed by atoms with Crippen LogP contribution in [0, 0.1) is 5.92 Å². The molecule has 5 rings (SSSR count). The summed E-state index contributed by atoms with van der Waals surface area (Å²) in [5, 5.41) is 0.888. The lowest BCUT2D eigenvalue weighted by atomic mass is 9.88. The fourth-order valence-corrected chi connectivity index (χ4v) is 6.66. The van der Waals surface area contributed by atoms with Crippen LogP contribution in [0.3, 0.4) is 0 Å². The van der Waals surface area contributed by atoms with Gasteiger partial charge in [0.2, 0.25) is 15.9 Å². The van der Waals surface area contributed by atoms with Crippen molar-refractivity contribution in [2.24, 2.45) is 13.0 Å². The average molecular weight is 430 g/mol. The van der Waals surface area contributed by atoms with Gasteiger partial charge in [0.1, 0.15) is 0 Å². The third-order valence-electron chi connectivity index (χ3n) is 7.19. The van der Waals surface area contributed by atoms with Crippen molar-refractivity contribution in [1.29, 1.82) is 0 Å². The molecule has 1 aromatic heterocycles. The molecule has 30 heavy (non-hydrogen) atoms. The Morgan fingerprint density at radius 2 is 1.73 bits per heavy atom. The smallest absolute Gasteiger partial charge is 0.235 e. The Labute approximate surface area is 178 Å². The highest BCUT2D eigenvalue weighted by Gasteiger charge is 2.36. The van der Waals surface area contributed by atoms with Crippen molar-refractivity contribution in [2.75, 3.05) is 17.8 Å². The molecular formula is C23H31N3O3S. The van der Waals surface area contributed by atoms with Crippen molar-refractivity contribution < 1.29 is 13.2 Å². The van der Waals surface area contributed by atoms with E-state index in [9.17, 15) is 13.2 Å². The second-order valence-electron chi connectivity index (χ2n) is 9.35. The van der Waals surface area contributed by atoms with Crippen LogP contribution in [0.2, 0.25) is 0 Å². The zero-order valence-corrected chi connectivity index (χ0v) is 18.5. The Bertz CT molecular complexity index is 1060. The number of nitrogens with one attached hydrogen (secondary N) is 1. The summed E-state index contributed by atoms with van der Waals surface area (Å²) >= 11 is 0. The minimum atomic E-state index is -3.27. The van der Waals surface area contributed by atoms with Crippen LogP contribution in [0.4, 0.5) is 5.69 Å². The molecule has 1 saturated heterocycles. The van der Waals surface area contributed by atoms with Gasteiger partial charge in [0, 0.05) is 48.8 Å².